The van der Waals surface area contributed by atoms with Crippen LogP contribution in [-0.4, -0.2) is 72.4 Å². The number of rotatable bonds is 5. The highest BCUT2D eigenvalue weighted by Gasteiger charge is 2.22. The Kier molecular flexibility index (Phi) is 6.26. The van der Waals surface area contributed by atoms with Gasteiger partial charge in [-0.25, -0.2) is 9.97 Å². The number of anilines is 2. The van der Waals surface area contributed by atoms with Gasteiger partial charge < -0.3 is 19.8 Å². The standard InChI is InChI=1S/C18H31N5O/c1-2-6-21-7-4-9-22(11-10-21)17-12-18(20-15-19-17)23-8-3-5-16(13-23)14-24/h12,15-16,24H,2-11,13-14H2,1H3. The molecule has 1 aromatic heterocycles. The van der Waals surface area contributed by atoms with Crippen LogP contribution in [0, 0.1) is 5.92 Å². The van der Waals surface area contributed by atoms with E-state index in [1.807, 2.05) is 0 Å². The molecular formula is C18H31N5O. The lowest BCUT2D eigenvalue weighted by molar-refractivity contribution is 0.208. The van der Waals surface area contributed by atoms with Gasteiger partial charge in [0.25, 0.3) is 0 Å². The monoisotopic (exact) mass is 333 g/mol. The van der Waals surface area contributed by atoms with E-state index in [0.29, 0.717) is 5.92 Å². The zero-order valence-corrected chi connectivity index (χ0v) is 14.9. The van der Waals surface area contributed by atoms with E-state index in [1.165, 1.54) is 25.9 Å². The smallest absolute Gasteiger partial charge is 0.134 e. The van der Waals surface area contributed by atoms with Crippen molar-refractivity contribution >= 4 is 11.6 Å². The Labute approximate surface area is 145 Å². The van der Waals surface area contributed by atoms with Gasteiger partial charge in [0.2, 0.25) is 0 Å². The van der Waals surface area contributed by atoms with Crippen LogP contribution >= 0.6 is 0 Å². The van der Waals surface area contributed by atoms with Crippen LogP contribution in [0.5, 0.6) is 0 Å². The SMILES string of the molecule is CCCN1CCCN(c2cc(N3CCCC(CO)C3)ncn2)CC1. The summed E-state index contributed by atoms with van der Waals surface area (Å²) in [5.41, 5.74) is 0. The second-order valence-electron chi connectivity index (χ2n) is 7.05. The van der Waals surface area contributed by atoms with E-state index in [0.717, 1.165) is 57.2 Å². The summed E-state index contributed by atoms with van der Waals surface area (Å²) in [6.07, 6.45) is 6.35. The molecule has 0 amide bonds. The molecule has 2 aliphatic heterocycles. The molecule has 2 saturated heterocycles. The third-order valence-corrected chi connectivity index (χ3v) is 5.19. The fraction of sp³-hybridized carbons (Fsp3) is 0.778. The van der Waals surface area contributed by atoms with Gasteiger partial charge in [0, 0.05) is 45.4 Å². The highest BCUT2D eigenvalue weighted by molar-refractivity contribution is 5.50. The lowest BCUT2D eigenvalue weighted by atomic mass is 9.99. The molecule has 0 saturated carbocycles. The van der Waals surface area contributed by atoms with E-state index in [2.05, 4.69) is 37.7 Å². The molecule has 2 fully saturated rings. The predicted octanol–water partition coefficient (Wildman–Crippen LogP) is 1.61. The first-order chi connectivity index (χ1) is 11.8. The average Bonchev–Trinajstić information content (AvgIpc) is 2.88. The minimum atomic E-state index is 0.272. The zero-order chi connectivity index (χ0) is 16.8. The van der Waals surface area contributed by atoms with Crippen molar-refractivity contribution in [1.29, 1.82) is 0 Å². The van der Waals surface area contributed by atoms with E-state index in [-0.39, 0.29) is 6.61 Å². The molecule has 0 bridgehead atoms. The highest BCUT2D eigenvalue weighted by Crippen LogP contribution is 2.24. The van der Waals surface area contributed by atoms with Gasteiger partial charge in [0.15, 0.2) is 0 Å². The van der Waals surface area contributed by atoms with Crippen molar-refractivity contribution in [3.05, 3.63) is 12.4 Å². The largest absolute Gasteiger partial charge is 0.396 e. The van der Waals surface area contributed by atoms with Crippen LogP contribution in [0.3, 0.4) is 0 Å². The van der Waals surface area contributed by atoms with Crippen LogP contribution in [0.2, 0.25) is 0 Å². The Hall–Kier alpha value is -1.40. The predicted molar refractivity (Wildman–Crippen MR) is 97.6 cm³/mol. The summed E-state index contributed by atoms with van der Waals surface area (Å²) in [7, 11) is 0. The molecule has 1 aromatic rings. The average molecular weight is 333 g/mol. The molecule has 24 heavy (non-hydrogen) atoms. The van der Waals surface area contributed by atoms with Gasteiger partial charge in [0.05, 0.1) is 0 Å². The van der Waals surface area contributed by atoms with E-state index >= 15 is 0 Å². The normalized spacial score (nSPS) is 23.3. The van der Waals surface area contributed by atoms with Crippen LogP contribution in [0.1, 0.15) is 32.6 Å². The van der Waals surface area contributed by atoms with Crippen molar-refractivity contribution in [1.82, 2.24) is 14.9 Å². The summed E-state index contributed by atoms with van der Waals surface area (Å²) in [5, 5.41) is 9.44. The van der Waals surface area contributed by atoms with E-state index in [1.54, 1.807) is 6.33 Å². The number of hydrogen-bond donors (Lipinski definition) is 1. The molecule has 1 atom stereocenters. The number of piperidine rings is 1. The van der Waals surface area contributed by atoms with E-state index in [4.69, 9.17) is 0 Å². The van der Waals surface area contributed by atoms with Crippen molar-refractivity contribution in [2.45, 2.75) is 32.6 Å². The summed E-state index contributed by atoms with van der Waals surface area (Å²) >= 11 is 0. The molecule has 1 unspecified atom stereocenters. The summed E-state index contributed by atoms with van der Waals surface area (Å²) in [5.74, 6) is 2.43. The maximum absolute atomic E-state index is 9.44. The minimum Gasteiger partial charge on any atom is -0.396 e. The summed E-state index contributed by atoms with van der Waals surface area (Å²) in [6.45, 7) is 10.0. The maximum Gasteiger partial charge on any atom is 0.134 e. The first kappa shape index (κ1) is 17.4. The second-order valence-corrected chi connectivity index (χ2v) is 7.05. The molecule has 6 heteroatoms. The van der Waals surface area contributed by atoms with Crippen molar-refractivity contribution in [3.63, 3.8) is 0 Å². The molecule has 3 rings (SSSR count). The fourth-order valence-corrected chi connectivity index (χ4v) is 3.85. The highest BCUT2D eigenvalue weighted by atomic mass is 16.3. The van der Waals surface area contributed by atoms with Crippen LogP contribution in [-0.2, 0) is 0 Å². The van der Waals surface area contributed by atoms with Crippen LogP contribution in [0.4, 0.5) is 11.6 Å². The Morgan fingerprint density at radius 3 is 2.62 bits per heavy atom. The van der Waals surface area contributed by atoms with Crippen molar-refractivity contribution < 1.29 is 5.11 Å². The molecule has 134 valence electrons. The number of aliphatic hydroxyl groups excluding tert-OH is 1. The van der Waals surface area contributed by atoms with Crippen molar-refractivity contribution in [3.8, 4) is 0 Å². The Balaban J connectivity index is 1.66. The van der Waals surface area contributed by atoms with Gasteiger partial charge in [-0.05, 0) is 44.7 Å². The maximum atomic E-state index is 9.44. The van der Waals surface area contributed by atoms with Crippen molar-refractivity contribution in [2.24, 2.45) is 5.92 Å². The Morgan fingerprint density at radius 2 is 1.83 bits per heavy atom. The minimum absolute atomic E-state index is 0.272. The number of hydrogen-bond acceptors (Lipinski definition) is 6. The molecule has 0 spiro atoms. The summed E-state index contributed by atoms with van der Waals surface area (Å²) in [6, 6.07) is 2.13. The first-order valence-corrected chi connectivity index (χ1v) is 9.45. The van der Waals surface area contributed by atoms with Gasteiger partial charge in [0.1, 0.15) is 18.0 Å². The van der Waals surface area contributed by atoms with E-state index in [9.17, 15) is 5.11 Å². The zero-order valence-electron chi connectivity index (χ0n) is 14.9. The third kappa shape index (κ3) is 4.36. The lowest BCUT2D eigenvalue weighted by Gasteiger charge is -2.33. The Bertz CT molecular complexity index is 512. The van der Waals surface area contributed by atoms with Crippen LogP contribution < -0.4 is 9.80 Å². The molecule has 0 aromatic carbocycles. The molecule has 0 aliphatic carbocycles. The van der Waals surface area contributed by atoms with Crippen LogP contribution in [0.25, 0.3) is 0 Å². The number of aromatic nitrogens is 2. The molecule has 3 heterocycles. The number of aliphatic hydroxyl groups is 1. The Morgan fingerprint density at radius 1 is 1.04 bits per heavy atom. The molecule has 2 aliphatic rings. The fourth-order valence-electron chi connectivity index (χ4n) is 3.85. The first-order valence-electron chi connectivity index (χ1n) is 9.45. The summed E-state index contributed by atoms with van der Waals surface area (Å²) < 4.78 is 0. The molecule has 1 N–H and O–H groups in total. The van der Waals surface area contributed by atoms with Crippen LogP contribution in [0.15, 0.2) is 12.4 Å². The second kappa shape index (κ2) is 8.62. The topological polar surface area (TPSA) is 55.7 Å². The van der Waals surface area contributed by atoms with Gasteiger partial charge in [-0.15, -0.1) is 0 Å². The molecule has 6 nitrogen and oxygen atoms in total. The van der Waals surface area contributed by atoms with Crippen molar-refractivity contribution in [2.75, 3.05) is 62.2 Å². The number of nitrogens with zero attached hydrogens (tertiary/aromatic N) is 5. The summed E-state index contributed by atoms with van der Waals surface area (Å²) in [4.78, 5) is 16.3. The molecular weight excluding hydrogens is 302 g/mol. The quantitative estimate of drug-likeness (QED) is 0.883. The van der Waals surface area contributed by atoms with Gasteiger partial charge in [-0.2, -0.15) is 0 Å². The lowest BCUT2D eigenvalue weighted by Crippen LogP contribution is -2.37. The van der Waals surface area contributed by atoms with Gasteiger partial charge >= 0.3 is 0 Å². The third-order valence-electron chi connectivity index (χ3n) is 5.19. The van der Waals surface area contributed by atoms with E-state index < -0.39 is 0 Å². The van der Waals surface area contributed by atoms with Gasteiger partial charge in [-0.1, -0.05) is 6.92 Å². The van der Waals surface area contributed by atoms with Gasteiger partial charge in [-0.3, -0.25) is 0 Å². The molecule has 0 radical (unpaired) electrons.